The first-order chi connectivity index (χ1) is 11.5. The van der Waals surface area contributed by atoms with Crippen LogP contribution in [0.4, 0.5) is 8.78 Å². The highest BCUT2D eigenvalue weighted by Gasteiger charge is 2.40. The number of likely N-dealkylation sites (tertiary alicyclic amines) is 1. The average molecular weight is 331 g/mol. The number of hydrogen-bond donors (Lipinski definition) is 1. The fourth-order valence-corrected chi connectivity index (χ4v) is 3.70. The van der Waals surface area contributed by atoms with Crippen LogP contribution in [0, 0.1) is 17.6 Å². The second-order valence-electron chi connectivity index (χ2n) is 6.71. The predicted molar refractivity (Wildman–Crippen MR) is 90.6 cm³/mol. The van der Waals surface area contributed by atoms with Gasteiger partial charge in [-0.25, -0.2) is 8.78 Å². The molecule has 24 heavy (non-hydrogen) atoms. The quantitative estimate of drug-likeness (QED) is 0.921. The van der Waals surface area contributed by atoms with Gasteiger partial charge < -0.3 is 10.0 Å². The maximum Gasteiger partial charge on any atom is 0.123 e. The van der Waals surface area contributed by atoms with E-state index in [2.05, 4.69) is 11.9 Å². The zero-order valence-electron chi connectivity index (χ0n) is 13.9. The number of hydrogen-bond acceptors (Lipinski definition) is 2. The lowest BCUT2D eigenvalue weighted by atomic mass is 9.73. The summed E-state index contributed by atoms with van der Waals surface area (Å²) in [6.45, 7) is 1.90. The maximum absolute atomic E-state index is 13.4. The normalized spacial score (nSPS) is 19.9. The van der Waals surface area contributed by atoms with Gasteiger partial charge in [-0.2, -0.15) is 0 Å². The van der Waals surface area contributed by atoms with E-state index >= 15 is 0 Å². The Morgan fingerprint density at radius 3 is 1.88 bits per heavy atom. The highest BCUT2D eigenvalue weighted by atomic mass is 19.1. The lowest BCUT2D eigenvalue weighted by Gasteiger charge is -2.37. The summed E-state index contributed by atoms with van der Waals surface area (Å²) in [6.07, 6.45) is 2.70. The topological polar surface area (TPSA) is 23.5 Å². The molecule has 0 radical (unpaired) electrons. The predicted octanol–water partition coefficient (Wildman–Crippen LogP) is 3.93. The zero-order chi connectivity index (χ0) is 17.2. The lowest BCUT2D eigenvalue weighted by Crippen LogP contribution is -2.37. The van der Waals surface area contributed by atoms with E-state index in [4.69, 9.17) is 0 Å². The Kier molecular flexibility index (Phi) is 4.97. The van der Waals surface area contributed by atoms with Gasteiger partial charge in [0.25, 0.3) is 0 Å². The van der Waals surface area contributed by atoms with Crippen LogP contribution in [0.3, 0.4) is 0 Å². The van der Waals surface area contributed by atoms with Gasteiger partial charge in [-0.15, -0.1) is 0 Å². The molecule has 0 aliphatic carbocycles. The molecule has 1 unspecified atom stereocenters. The van der Waals surface area contributed by atoms with Crippen molar-refractivity contribution >= 4 is 0 Å². The second-order valence-corrected chi connectivity index (χ2v) is 6.71. The molecule has 1 atom stereocenters. The summed E-state index contributed by atoms with van der Waals surface area (Å²) in [6, 6.07) is 12.0. The van der Waals surface area contributed by atoms with Gasteiger partial charge in [0.15, 0.2) is 0 Å². The number of nitrogens with zero attached hydrogens (tertiary/aromatic N) is 1. The van der Waals surface area contributed by atoms with E-state index in [1.807, 2.05) is 0 Å². The van der Waals surface area contributed by atoms with Crippen molar-refractivity contribution in [2.24, 2.45) is 5.92 Å². The molecular formula is C20H23F2NO. The van der Waals surface area contributed by atoms with E-state index in [-0.39, 0.29) is 17.6 Å². The van der Waals surface area contributed by atoms with Crippen molar-refractivity contribution in [2.45, 2.75) is 24.9 Å². The van der Waals surface area contributed by atoms with Gasteiger partial charge >= 0.3 is 0 Å². The Balaban J connectivity index is 2.05. The maximum atomic E-state index is 13.4. The first-order valence-electron chi connectivity index (χ1n) is 8.43. The van der Waals surface area contributed by atoms with Crippen LogP contribution >= 0.6 is 0 Å². The molecule has 1 saturated heterocycles. The Hall–Kier alpha value is -1.78. The van der Waals surface area contributed by atoms with Gasteiger partial charge in [-0.1, -0.05) is 24.3 Å². The molecule has 0 saturated carbocycles. The number of benzene rings is 2. The number of aliphatic hydroxyl groups is 1. The summed E-state index contributed by atoms with van der Waals surface area (Å²) < 4.78 is 26.7. The summed E-state index contributed by atoms with van der Waals surface area (Å²) in [5.41, 5.74) is 0.0715. The van der Waals surface area contributed by atoms with Crippen LogP contribution in [0.15, 0.2) is 48.5 Å². The third-order valence-electron chi connectivity index (χ3n) is 5.11. The fourth-order valence-electron chi connectivity index (χ4n) is 3.70. The van der Waals surface area contributed by atoms with E-state index < -0.39 is 5.60 Å². The minimum Gasteiger partial charge on any atom is -0.380 e. The van der Waals surface area contributed by atoms with Crippen LogP contribution in [-0.2, 0) is 5.60 Å². The monoisotopic (exact) mass is 331 g/mol. The summed E-state index contributed by atoms with van der Waals surface area (Å²) in [5, 5.41) is 11.7. The summed E-state index contributed by atoms with van der Waals surface area (Å²) in [5.74, 6) is -0.667. The fraction of sp³-hybridized carbons (Fsp3) is 0.400. The molecule has 0 amide bonds. The van der Waals surface area contributed by atoms with Crippen molar-refractivity contribution in [1.29, 1.82) is 0 Å². The van der Waals surface area contributed by atoms with Gasteiger partial charge in [-0.3, -0.25) is 0 Å². The minimum absolute atomic E-state index is 0.00151. The molecule has 0 bridgehead atoms. The molecule has 2 nitrogen and oxygen atoms in total. The van der Waals surface area contributed by atoms with Gasteiger partial charge in [0.2, 0.25) is 0 Å². The van der Waals surface area contributed by atoms with E-state index in [1.165, 1.54) is 24.3 Å². The molecule has 128 valence electrons. The number of halogens is 2. The molecule has 1 N–H and O–H groups in total. The molecule has 2 aromatic carbocycles. The van der Waals surface area contributed by atoms with Crippen molar-refractivity contribution in [3.05, 3.63) is 71.3 Å². The molecule has 0 spiro atoms. The smallest absolute Gasteiger partial charge is 0.123 e. The van der Waals surface area contributed by atoms with Crippen molar-refractivity contribution in [3.8, 4) is 0 Å². The van der Waals surface area contributed by atoms with Gasteiger partial charge in [-0.05, 0) is 80.7 Å². The van der Waals surface area contributed by atoms with E-state index in [0.717, 1.165) is 32.4 Å². The first-order valence-corrected chi connectivity index (χ1v) is 8.43. The first kappa shape index (κ1) is 17.1. The van der Waals surface area contributed by atoms with Crippen LogP contribution in [0.25, 0.3) is 0 Å². The lowest BCUT2D eigenvalue weighted by molar-refractivity contribution is 0.00939. The van der Waals surface area contributed by atoms with Crippen molar-refractivity contribution in [1.82, 2.24) is 4.90 Å². The molecule has 1 aliphatic heterocycles. The van der Waals surface area contributed by atoms with Gasteiger partial charge in [0.1, 0.15) is 17.2 Å². The molecule has 1 heterocycles. The van der Waals surface area contributed by atoms with Gasteiger partial charge in [0.05, 0.1) is 0 Å². The zero-order valence-corrected chi connectivity index (χ0v) is 13.9. The molecular weight excluding hydrogens is 308 g/mol. The molecule has 0 aromatic heterocycles. The highest BCUT2D eigenvalue weighted by molar-refractivity contribution is 5.37. The molecule has 1 aliphatic rings. The Labute approximate surface area is 141 Å². The summed E-state index contributed by atoms with van der Waals surface area (Å²) >= 11 is 0. The van der Waals surface area contributed by atoms with Crippen LogP contribution in [0.5, 0.6) is 0 Å². The second kappa shape index (κ2) is 6.99. The standard InChI is InChI=1S/C20H23F2NO/c1-23-13-2-3-15(12-14-23)20(24,16-4-8-18(21)9-5-16)17-6-10-19(22)11-7-17/h4-11,15,24H,2-3,12-14H2,1H3. The SMILES string of the molecule is CN1CCCC(C(O)(c2ccc(F)cc2)c2ccc(F)cc2)CC1. The Morgan fingerprint density at radius 2 is 1.38 bits per heavy atom. The Bertz CT molecular complexity index is 624. The van der Waals surface area contributed by atoms with E-state index in [1.54, 1.807) is 24.3 Å². The largest absolute Gasteiger partial charge is 0.380 e. The number of rotatable bonds is 3. The van der Waals surface area contributed by atoms with Crippen LogP contribution in [-0.4, -0.2) is 30.1 Å². The highest BCUT2D eigenvalue weighted by Crippen LogP contribution is 2.42. The third kappa shape index (κ3) is 3.35. The van der Waals surface area contributed by atoms with Crippen molar-refractivity contribution < 1.29 is 13.9 Å². The van der Waals surface area contributed by atoms with E-state index in [9.17, 15) is 13.9 Å². The van der Waals surface area contributed by atoms with Crippen LogP contribution in [0.1, 0.15) is 30.4 Å². The van der Waals surface area contributed by atoms with Crippen LogP contribution < -0.4 is 0 Å². The Morgan fingerprint density at radius 1 is 0.875 bits per heavy atom. The van der Waals surface area contributed by atoms with Crippen molar-refractivity contribution in [2.75, 3.05) is 20.1 Å². The summed E-state index contributed by atoms with van der Waals surface area (Å²) in [7, 11) is 2.08. The summed E-state index contributed by atoms with van der Waals surface area (Å²) in [4.78, 5) is 2.26. The van der Waals surface area contributed by atoms with Crippen LogP contribution in [0.2, 0.25) is 0 Å². The third-order valence-corrected chi connectivity index (χ3v) is 5.11. The van der Waals surface area contributed by atoms with Gasteiger partial charge in [0, 0.05) is 0 Å². The minimum atomic E-state index is -1.24. The van der Waals surface area contributed by atoms with Crippen molar-refractivity contribution in [3.63, 3.8) is 0 Å². The van der Waals surface area contributed by atoms with E-state index in [0.29, 0.717) is 11.1 Å². The molecule has 3 rings (SSSR count). The average Bonchev–Trinajstić information content (AvgIpc) is 2.80. The molecule has 2 aromatic rings. The molecule has 1 fully saturated rings. The molecule has 4 heteroatoms.